The molecule has 0 fully saturated rings. The molecule has 0 unspecified atom stereocenters. The Labute approximate surface area is 97.5 Å². The minimum atomic E-state index is -0.206. The second-order valence-corrected chi connectivity index (χ2v) is 4.90. The Morgan fingerprint density at radius 3 is 2.75 bits per heavy atom. The summed E-state index contributed by atoms with van der Waals surface area (Å²) in [5.41, 5.74) is 3.13. The van der Waals surface area contributed by atoms with Crippen molar-refractivity contribution in [1.29, 1.82) is 0 Å². The highest BCUT2D eigenvalue weighted by atomic mass is 32.2. The Kier molecular flexibility index (Phi) is 2.24. The van der Waals surface area contributed by atoms with Crippen molar-refractivity contribution in [3.8, 4) is 11.3 Å². The van der Waals surface area contributed by atoms with E-state index in [2.05, 4.69) is 16.5 Å². The van der Waals surface area contributed by atoms with Gasteiger partial charge in [-0.15, -0.1) is 0 Å². The molecular weight excluding hydrogens is 223 g/mol. The molecule has 16 heavy (non-hydrogen) atoms. The first kappa shape index (κ1) is 9.90. The van der Waals surface area contributed by atoms with Gasteiger partial charge in [0, 0.05) is 23.6 Å². The molecule has 2 nitrogen and oxygen atoms in total. The quantitative estimate of drug-likeness (QED) is 0.754. The molecule has 1 aliphatic heterocycles. The van der Waals surface area contributed by atoms with E-state index in [0.29, 0.717) is 0 Å². The van der Waals surface area contributed by atoms with Crippen molar-refractivity contribution >= 4 is 11.8 Å². The molecule has 82 valence electrons. The molecular formula is C12H11FN2S. The van der Waals surface area contributed by atoms with Gasteiger partial charge in [-0.3, -0.25) is 0 Å². The molecule has 1 aliphatic rings. The van der Waals surface area contributed by atoms with Crippen LogP contribution in [0.5, 0.6) is 0 Å². The zero-order valence-corrected chi connectivity index (χ0v) is 9.72. The average molecular weight is 234 g/mol. The zero-order valence-electron chi connectivity index (χ0n) is 8.90. The summed E-state index contributed by atoms with van der Waals surface area (Å²) in [4.78, 5) is 4.59. The molecule has 0 amide bonds. The topological polar surface area (TPSA) is 17.8 Å². The van der Waals surface area contributed by atoms with Gasteiger partial charge in [-0.2, -0.15) is 0 Å². The predicted molar refractivity (Wildman–Crippen MR) is 63.1 cm³/mol. The van der Waals surface area contributed by atoms with Crippen LogP contribution >= 0.6 is 11.8 Å². The van der Waals surface area contributed by atoms with Crippen LogP contribution in [0.3, 0.4) is 0 Å². The van der Waals surface area contributed by atoms with Gasteiger partial charge < -0.3 is 4.57 Å². The zero-order chi connectivity index (χ0) is 11.1. The van der Waals surface area contributed by atoms with Crippen molar-refractivity contribution in [2.45, 2.75) is 18.6 Å². The lowest BCUT2D eigenvalue weighted by molar-refractivity contribution is 0.628. The van der Waals surface area contributed by atoms with E-state index in [9.17, 15) is 4.39 Å². The lowest BCUT2D eigenvalue weighted by Gasteiger charge is -2.01. The highest BCUT2D eigenvalue weighted by Crippen LogP contribution is 2.32. The highest BCUT2D eigenvalue weighted by molar-refractivity contribution is 7.99. The molecule has 0 spiro atoms. The highest BCUT2D eigenvalue weighted by Gasteiger charge is 2.19. The van der Waals surface area contributed by atoms with E-state index in [1.807, 2.05) is 0 Å². The van der Waals surface area contributed by atoms with E-state index in [1.165, 1.54) is 17.8 Å². The third-order valence-corrected chi connectivity index (χ3v) is 3.81. The third kappa shape index (κ3) is 1.45. The van der Waals surface area contributed by atoms with Crippen molar-refractivity contribution < 1.29 is 4.39 Å². The molecule has 1 aromatic carbocycles. The molecule has 0 saturated carbocycles. The molecule has 2 heterocycles. The molecule has 0 saturated heterocycles. The summed E-state index contributed by atoms with van der Waals surface area (Å²) >= 11 is 1.78. The number of nitrogens with zero attached hydrogens (tertiary/aromatic N) is 2. The molecule has 3 rings (SSSR count). The van der Waals surface area contributed by atoms with Gasteiger partial charge in [0.05, 0.1) is 5.69 Å². The second kappa shape index (κ2) is 3.63. The summed E-state index contributed by atoms with van der Waals surface area (Å²) in [6.07, 6.45) is 0. The summed E-state index contributed by atoms with van der Waals surface area (Å²) < 4.78 is 15.1. The molecule has 0 aliphatic carbocycles. The largest absolute Gasteiger partial charge is 0.322 e. The van der Waals surface area contributed by atoms with Crippen LogP contribution in [-0.2, 0) is 6.54 Å². The fourth-order valence-electron chi connectivity index (χ4n) is 1.99. The molecule has 0 bridgehead atoms. The van der Waals surface area contributed by atoms with E-state index in [1.54, 1.807) is 23.9 Å². The maximum absolute atomic E-state index is 12.8. The lowest BCUT2D eigenvalue weighted by Crippen LogP contribution is -1.96. The Morgan fingerprint density at radius 1 is 1.31 bits per heavy atom. The Morgan fingerprint density at radius 2 is 2.06 bits per heavy atom. The van der Waals surface area contributed by atoms with E-state index in [4.69, 9.17) is 0 Å². The molecule has 0 N–H and O–H groups in total. The van der Waals surface area contributed by atoms with Crippen LogP contribution in [0.4, 0.5) is 4.39 Å². The van der Waals surface area contributed by atoms with Crippen LogP contribution in [0.2, 0.25) is 0 Å². The fraction of sp³-hybridized carbons (Fsp3) is 0.250. The van der Waals surface area contributed by atoms with Gasteiger partial charge in [-0.25, -0.2) is 9.37 Å². The van der Waals surface area contributed by atoms with Crippen molar-refractivity contribution in [2.75, 3.05) is 5.75 Å². The van der Waals surface area contributed by atoms with E-state index < -0.39 is 0 Å². The van der Waals surface area contributed by atoms with Gasteiger partial charge in [-0.05, 0) is 31.2 Å². The van der Waals surface area contributed by atoms with Crippen LogP contribution in [-0.4, -0.2) is 15.3 Å². The third-order valence-electron chi connectivity index (χ3n) is 2.85. The van der Waals surface area contributed by atoms with Gasteiger partial charge in [0.1, 0.15) is 5.82 Å². The fourth-order valence-corrected chi connectivity index (χ4v) is 2.99. The Bertz CT molecular complexity index is 531. The molecule has 1 aromatic heterocycles. The maximum Gasteiger partial charge on any atom is 0.168 e. The Hall–Kier alpha value is -1.29. The van der Waals surface area contributed by atoms with E-state index >= 15 is 0 Å². The maximum atomic E-state index is 12.8. The number of halogens is 1. The number of fused-ring (bicyclic) bond motifs is 1. The predicted octanol–water partition coefficient (Wildman–Crippen LogP) is 3.10. The van der Waals surface area contributed by atoms with Crippen molar-refractivity contribution in [1.82, 2.24) is 9.55 Å². The first-order valence-corrected chi connectivity index (χ1v) is 6.20. The average Bonchev–Trinajstić information content (AvgIpc) is 2.84. The first-order valence-electron chi connectivity index (χ1n) is 5.21. The van der Waals surface area contributed by atoms with E-state index in [-0.39, 0.29) is 5.82 Å². The number of rotatable bonds is 1. The van der Waals surface area contributed by atoms with Crippen LogP contribution in [0.25, 0.3) is 11.3 Å². The van der Waals surface area contributed by atoms with Gasteiger partial charge >= 0.3 is 0 Å². The number of hydrogen-bond acceptors (Lipinski definition) is 2. The second-order valence-electron chi connectivity index (χ2n) is 3.84. The number of imidazole rings is 1. The smallest absolute Gasteiger partial charge is 0.168 e. The Balaban J connectivity index is 2.10. The molecule has 4 heteroatoms. The van der Waals surface area contributed by atoms with Gasteiger partial charge in [-0.1, -0.05) is 11.8 Å². The lowest BCUT2D eigenvalue weighted by atomic mass is 10.1. The minimum absolute atomic E-state index is 0.206. The van der Waals surface area contributed by atoms with Crippen LogP contribution < -0.4 is 0 Å². The summed E-state index contributed by atoms with van der Waals surface area (Å²) in [5.74, 6) is 0.898. The number of benzene rings is 1. The van der Waals surface area contributed by atoms with Crippen molar-refractivity contribution in [3.63, 3.8) is 0 Å². The molecule has 0 atom stereocenters. The van der Waals surface area contributed by atoms with Gasteiger partial charge in [0.15, 0.2) is 5.16 Å². The van der Waals surface area contributed by atoms with E-state index in [0.717, 1.165) is 28.7 Å². The molecule has 2 aromatic rings. The SMILES string of the molecule is Cc1c(-c2ccc(F)cc2)nc2n1CCS2. The number of hydrogen-bond donors (Lipinski definition) is 0. The normalized spacial score (nSPS) is 14.1. The van der Waals surface area contributed by atoms with Gasteiger partial charge in [0.25, 0.3) is 0 Å². The number of aromatic nitrogens is 2. The monoisotopic (exact) mass is 234 g/mol. The van der Waals surface area contributed by atoms with Crippen molar-refractivity contribution in [3.05, 3.63) is 35.8 Å². The summed E-state index contributed by atoms with van der Waals surface area (Å²) in [6.45, 7) is 3.10. The van der Waals surface area contributed by atoms with Crippen LogP contribution in [0, 0.1) is 12.7 Å². The minimum Gasteiger partial charge on any atom is -0.322 e. The number of thioether (sulfide) groups is 1. The summed E-state index contributed by atoms with van der Waals surface area (Å²) in [7, 11) is 0. The molecule has 0 radical (unpaired) electrons. The summed E-state index contributed by atoms with van der Waals surface area (Å²) in [6, 6.07) is 6.52. The standard InChI is InChI=1S/C12H11FN2S/c1-8-11(9-2-4-10(13)5-3-9)14-12-15(8)6-7-16-12/h2-5H,6-7H2,1H3. The van der Waals surface area contributed by atoms with Crippen molar-refractivity contribution in [2.24, 2.45) is 0 Å². The van der Waals surface area contributed by atoms with Gasteiger partial charge in [0.2, 0.25) is 0 Å². The first-order chi connectivity index (χ1) is 7.75. The summed E-state index contributed by atoms with van der Waals surface area (Å²) in [5, 5.41) is 1.08. The van der Waals surface area contributed by atoms with Crippen LogP contribution in [0.15, 0.2) is 29.4 Å². The van der Waals surface area contributed by atoms with Crippen LogP contribution in [0.1, 0.15) is 5.69 Å².